The lowest BCUT2D eigenvalue weighted by Crippen LogP contribution is -2.36. The maximum Gasteiger partial charge on any atom is 0.244 e. The average Bonchev–Trinajstić information content (AvgIpc) is 2.47. The van der Waals surface area contributed by atoms with Crippen molar-refractivity contribution in [3.8, 4) is 0 Å². The van der Waals surface area contributed by atoms with Gasteiger partial charge in [0.1, 0.15) is 4.90 Å². The lowest BCUT2D eigenvalue weighted by Gasteiger charge is -2.28. The number of fused-ring (bicyclic) bond motifs is 1. The van der Waals surface area contributed by atoms with E-state index in [0.29, 0.717) is 24.0 Å². The van der Waals surface area contributed by atoms with Crippen LogP contribution in [-0.2, 0) is 23.0 Å². The van der Waals surface area contributed by atoms with Gasteiger partial charge in [-0.25, -0.2) is 8.42 Å². The molecular formula is C14H14BrN3O2S. The predicted molar refractivity (Wildman–Crippen MR) is 84.1 cm³/mol. The van der Waals surface area contributed by atoms with Gasteiger partial charge in [-0.3, -0.25) is 4.98 Å². The van der Waals surface area contributed by atoms with E-state index in [1.807, 2.05) is 18.2 Å². The van der Waals surface area contributed by atoms with Gasteiger partial charge in [-0.2, -0.15) is 4.31 Å². The van der Waals surface area contributed by atoms with Crippen LogP contribution in [0.1, 0.15) is 11.1 Å². The largest absolute Gasteiger partial charge is 0.398 e. The fourth-order valence-electron chi connectivity index (χ4n) is 2.50. The van der Waals surface area contributed by atoms with Crippen LogP contribution >= 0.6 is 15.9 Å². The van der Waals surface area contributed by atoms with Crippen molar-refractivity contribution >= 4 is 31.6 Å². The summed E-state index contributed by atoms with van der Waals surface area (Å²) in [7, 11) is -3.54. The highest BCUT2D eigenvalue weighted by molar-refractivity contribution is 9.10. The molecule has 0 bridgehead atoms. The number of sulfonamides is 1. The third-order valence-electron chi connectivity index (χ3n) is 3.58. The second-order valence-corrected chi connectivity index (χ2v) is 7.77. The first kappa shape index (κ1) is 14.5. The highest BCUT2D eigenvalue weighted by Gasteiger charge is 2.29. The van der Waals surface area contributed by atoms with Crippen molar-refractivity contribution < 1.29 is 8.42 Å². The molecule has 1 aliphatic rings. The molecule has 1 aliphatic heterocycles. The summed E-state index contributed by atoms with van der Waals surface area (Å²) in [6.07, 6.45) is 3.56. The summed E-state index contributed by atoms with van der Waals surface area (Å²) in [5.74, 6) is 0. The molecule has 3 rings (SSSR count). The summed E-state index contributed by atoms with van der Waals surface area (Å²) in [6, 6.07) is 7.19. The van der Waals surface area contributed by atoms with Gasteiger partial charge < -0.3 is 5.73 Å². The van der Waals surface area contributed by atoms with Gasteiger partial charge in [0, 0.05) is 35.6 Å². The molecule has 0 spiro atoms. The molecule has 0 atom stereocenters. The number of benzene rings is 1. The monoisotopic (exact) mass is 367 g/mol. The molecule has 1 aromatic heterocycles. The van der Waals surface area contributed by atoms with Crippen LogP contribution in [0.4, 0.5) is 5.69 Å². The SMILES string of the molecule is Nc1cccc2c1CCN(S(=O)(=O)c1cncc(Br)c1)C2. The van der Waals surface area contributed by atoms with Gasteiger partial charge in [0.05, 0.1) is 0 Å². The number of hydrogen-bond acceptors (Lipinski definition) is 4. The van der Waals surface area contributed by atoms with E-state index in [1.165, 1.54) is 10.5 Å². The van der Waals surface area contributed by atoms with E-state index in [9.17, 15) is 8.42 Å². The Kier molecular flexibility index (Phi) is 3.73. The van der Waals surface area contributed by atoms with Crippen LogP contribution in [0.3, 0.4) is 0 Å². The summed E-state index contributed by atoms with van der Waals surface area (Å²) in [4.78, 5) is 4.13. The van der Waals surface area contributed by atoms with Gasteiger partial charge in [0.25, 0.3) is 0 Å². The molecule has 0 radical (unpaired) electrons. The second kappa shape index (κ2) is 5.40. The van der Waals surface area contributed by atoms with Crippen LogP contribution in [0, 0.1) is 0 Å². The maximum atomic E-state index is 12.7. The zero-order valence-electron chi connectivity index (χ0n) is 11.2. The molecule has 2 aromatic rings. The van der Waals surface area contributed by atoms with E-state index in [0.717, 1.165) is 16.8 Å². The van der Waals surface area contributed by atoms with Gasteiger partial charge in [0.15, 0.2) is 0 Å². The Balaban J connectivity index is 1.95. The van der Waals surface area contributed by atoms with Crippen LogP contribution < -0.4 is 5.73 Å². The predicted octanol–water partition coefficient (Wildman–Crippen LogP) is 2.17. The van der Waals surface area contributed by atoms with Gasteiger partial charge in [-0.05, 0) is 45.6 Å². The number of halogens is 1. The molecule has 0 amide bonds. The van der Waals surface area contributed by atoms with Crippen molar-refractivity contribution in [1.29, 1.82) is 0 Å². The van der Waals surface area contributed by atoms with Crippen LogP contribution in [0.2, 0.25) is 0 Å². The first-order chi connectivity index (χ1) is 9.98. The fourth-order valence-corrected chi connectivity index (χ4v) is 4.43. The van der Waals surface area contributed by atoms with E-state index in [2.05, 4.69) is 20.9 Å². The van der Waals surface area contributed by atoms with E-state index in [4.69, 9.17) is 5.73 Å². The second-order valence-electron chi connectivity index (χ2n) is 4.91. The van der Waals surface area contributed by atoms with E-state index < -0.39 is 10.0 Å². The number of rotatable bonds is 2. The van der Waals surface area contributed by atoms with Gasteiger partial charge in [0.2, 0.25) is 10.0 Å². The Labute approximate surface area is 132 Å². The zero-order chi connectivity index (χ0) is 15.0. The first-order valence-corrected chi connectivity index (χ1v) is 8.69. The molecule has 0 saturated carbocycles. The Morgan fingerprint density at radius 1 is 1.29 bits per heavy atom. The number of pyridine rings is 1. The van der Waals surface area contributed by atoms with Crippen LogP contribution in [0.25, 0.3) is 0 Å². The Bertz CT molecular complexity index is 793. The molecule has 0 saturated heterocycles. The van der Waals surface area contributed by atoms with Crippen molar-refractivity contribution in [2.45, 2.75) is 17.9 Å². The maximum absolute atomic E-state index is 12.7. The smallest absolute Gasteiger partial charge is 0.244 e. The summed E-state index contributed by atoms with van der Waals surface area (Å²) < 4.78 is 27.5. The van der Waals surface area contributed by atoms with Crippen molar-refractivity contribution in [2.75, 3.05) is 12.3 Å². The molecule has 0 aliphatic carbocycles. The number of aromatic nitrogens is 1. The highest BCUT2D eigenvalue weighted by Crippen LogP contribution is 2.28. The van der Waals surface area contributed by atoms with Crippen molar-refractivity contribution in [2.24, 2.45) is 0 Å². The molecule has 110 valence electrons. The lowest BCUT2D eigenvalue weighted by atomic mass is 9.99. The van der Waals surface area contributed by atoms with Crippen molar-refractivity contribution in [1.82, 2.24) is 9.29 Å². The molecule has 0 unspecified atom stereocenters. The molecule has 0 fully saturated rings. The van der Waals surface area contributed by atoms with Gasteiger partial charge >= 0.3 is 0 Å². The van der Waals surface area contributed by atoms with E-state index >= 15 is 0 Å². The number of nitrogens with two attached hydrogens (primary N) is 1. The molecule has 2 heterocycles. The zero-order valence-corrected chi connectivity index (χ0v) is 13.6. The highest BCUT2D eigenvalue weighted by atomic mass is 79.9. The summed E-state index contributed by atoms with van der Waals surface area (Å²) >= 11 is 3.25. The lowest BCUT2D eigenvalue weighted by molar-refractivity contribution is 0.391. The summed E-state index contributed by atoms with van der Waals surface area (Å²) in [5.41, 5.74) is 8.69. The summed E-state index contributed by atoms with van der Waals surface area (Å²) in [6.45, 7) is 0.769. The topological polar surface area (TPSA) is 76.3 Å². The summed E-state index contributed by atoms with van der Waals surface area (Å²) in [5, 5.41) is 0. The number of nitrogens with zero attached hydrogens (tertiary/aromatic N) is 2. The molecule has 7 heteroatoms. The minimum absolute atomic E-state index is 0.198. The minimum Gasteiger partial charge on any atom is -0.398 e. The Morgan fingerprint density at radius 2 is 2.10 bits per heavy atom. The quantitative estimate of drug-likeness (QED) is 0.825. The molecule has 21 heavy (non-hydrogen) atoms. The Hall–Kier alpha value is -1.44. The fraction of sp³-hybridized carbons (Fsp3) is 0.214. The minimum atomic E-state index is -3.54. The molecule has 5 nitrogen and oxygen atoms in total. The number of nitrogen functional groups attached to an aromatic ring is 1. The molecular weight excluding hydrogens is 354 g/mol. The Morgan fingerprint density at radius 3 is 2.86 bits per heavy atom. The standard InChI is InChI=1S/C14H14BrN3O2S/c15-11-6-12(8-17-7-11)21(19,20)18-5-4-13-10(9-18)2-1-3-14(13)16/h1-3,6-8H,4-5,9,16H2. The van der Waals surface area contributed by atoms with E-state index in [1.54, 1.807) is 12.3 Å². The van der Waals surface area contributed by atoms with E-state index in [-0.39, 0.29) is 4.90 Å². The third kappa shape index (κ3) is 2.68. The van der Waals surface area contributed by atoms with Gasteiger partial charge in [-0.15, -0.1) is 0 Å². The average molecular weight is 368 g/mol. The van der Waals surface area contributed by atoms with Gasteiger partial charge in [-0.1, -0.05) is 12.1 Å². The van der Waals surface area contributed by atoms with Crippen molar-refractivity contribution in [3.05, 3.63) is 52.3 Å². The molecule has 1 aromatic carbocycles. The number of anilines is 1. The van der Waals surface area contributed by atoms with Crippen LogP contribution in [0.15, 0.2) is 46.0 Å². The third-order valence-corrected chi connectivity index (χ3v) is 5.83. The number of hydrogen-bond donors (Lipinski definition) is 1. The normalized spacial score (nSPS) is 15.7. The first-order valence-electron chi connectivity index (χ1n) is 6.45. The molecule has 2 N–H and O–H groups in total. The van der Waals surface area contributed by atoms with Crippen molar-refractivity contribution in [3.63, 3.8) is 0 Å². The van der Waals surface area contributed by atoms with Crippen LogP contribution in [-0.4, -0.2) is 24.3 Å². The van der Waals surface area contributed by atoms with Crippen LogP contribution in [0.5, 0.6) is 0 Å².